The molecule has 0 aliphatic carbocycles. The number of anilines is 2. The van der Waals surface area contributed by atoms with Crippen LogP contribution in [0.4, 0.5) is 11.4 Å². The molecule has 0 amide bonds. The summed E-state index contributed by atoms with van der Waals surface area (Å²) in [5, 5.41) is 17.1. The highest BCUT2D eigenvalue weighted by atomic mass is 16.5. The third-order valence-corrected chi connectivity index (χ3v) is 7.33. The molecule has 0 bridgehead atoms. The summed E-state index contributed by atoms with van der Waals surface area (Å²) in [5.41, 5.74) is 1.94. The quantitative estimate of drug-likeness (QED) is 0.234. The van der Waals surface area contributed by atoms with Gasteiger partial charge in [-0.3, -0.25) is 9.59 Å². The van der Waals surface area contributed by atoms with Crippen molar-refractivity contribution < 1.29 is 19.1 Å². The van der Waals surface area contributed by atoms with Gasteiger partial charge in [-0.15, -0.1) is 0 Å². The number of nitrogens with one attached hydrogen (secondary N) is 4. The van der Waals surface area contributed by atoms with Crippen molar-refractivity contribution >= 4 is 44.9 Å². The van der Waals surface area contributed by atoms with Crippen LogP contribution in [0.3, 0.4) is 0 Å². The lowest BCUT2D eigenvalue weighted by molar-refractivity contribution is -0.140. The summed E-state index contributed by atoms with van der Waals surface area (Å²) < 4.78 is 11.2. The number of hydrogen-bond donors (Lipinski definition) is 4. The molecule has 2 atom stereocenters. The minimum Gasteiger partial charge on any atom is -0.407 e. The van der Waals surface area contributed by atoms with Gasteiger partial charge in [-0.2, -0.15) is 0 Å². The van der Waals surface area contributed by atoms with E-state index in [9.17, 15) is 9.59 Å². The van der Waals surface area contributed by atoms with Crippen molar-refractivity contribution in [3.63, 3.8) is 0 Å². The molecule has 2 aliphatic heterocycles. The second-order valence-corrected chi connectivity index (χ2v) is 10.1. The third-order valence-electron chi connectivity index (χ3n) is 7.33. The normalized spacial score (nSPS) is 18.6. The lowest BCUT2D eigenvalue weighted by Gasteiger charge is -2.16. The molecule has 10 heteroatoms. The average molecular weight is 541 g/mol. The van der Waals surface area contributed by atoms with Gasteiger partial charge in [0.15, 0.2) is 0 Å². The molecule has 2 saturated heterocycles. The first-order valence-corrected chi connectivity index (χ1v) is 13.8. The topological polar surface area (TPSA) is 127 Å². The van der Waals surface area contributed by atoms with Crippen molar-refractivity contribution in [3.05, 3.63) is 60.9 Å². The lowest BCUT2D eigenvalue weighted by atomic mass is 10.1. The highest BCUT2D eigenvalue weighted by Gasteiger charge is 2.19. The van der Waals surface area contributed by atoms with Crippen molar-refractivity contribution in [2.45, 2.75) is 37.8 Å². The van der Waals surface area contributed by atoms with Crippen LogP contribution >= 0.6 is 0 Å². The summed E-state index contributed by atoms with van der Waals surface area (Å²) >= 11 is 0. The van der Waals surface area contributed by atoms with Crippen LogP contribution in [0.1, 0.15) is 25.7 Å². The van der Waals surface area contributed by atoms with E-state index in [-0.39, 0.29) is 24.6 Å². The number of rotatable bonds is 9. The molecule has 2 aromatic carbocycles. The number of hydrogen-bond acceptors (Lipinski definition) is 10. The minimum absolute atomic E-state index is 0.144. The Balaban J connectivity index is 1.09. The van der Waals surface area contributed by atoms with Crippen LogP contribution in [-0.4, -0.2) is 60.2 Å². The first-order chi connectivity index (χ1) is 19.6. The minimum atomic E-state index is -0.558. The standard InChI is InChI=1S/C30H32N6O4/c37-27(39-29-23-3-1-5-25(21(23)11-15-33-29)35-19-9-13-31-17-19)7-8-28(38)40-30-24-4-2-6-26(22(24)12-16-34-30)36-20-10-14-32-18-20/h1-6,11-12,15-16,19-20,31-32,35-36H,7-10,13-14,17-18H2. The van der Waals surface area contributed by atoms with E-state index in [1.807, 2.05) is 48.5 Å². The van der Waals surface area contributed by atoms with E-state index in [1.54, 1.807) is 12.4 Å². The number of fused-ring (bicyclic) bond motifs is 2. The third kappa shape index (κ3) is 5.83. The van der Waals surface area contributed by atoms with Gasteiger partial charge in [0.05, 0.1) is 12.8 Å². The average Bonchev–Trinajstić information content (AvgIpc) is 3.68. The van der Waals surface area contributed by atoms with Crippen molar-refractivity contribution in [2.24, 2.45) is 0 Å². The molecule has 4 heterocycles. The van der Waals surface area contributed by atoms with Gasteiger partial charge in [0, 0.05) is 70.5 Å². The van der Waals surface area contributed by atoms with E-state index < -0.39 is 11.9 Å². The molecule has 2 aliphatic rings. The summed E-state index contributed by atoms with van der Waals surface area (Å²) in [4.78, 5) is 33.9. The Morgan fingerprint density at radius 3 is 1.60 bits per heavy atom. The molecule has 10 nitrogen and oxygen atoms in total. The number of carbonyl (C=O) groups excluding carboxylic acids is 2. The van der Waals surface area contributed by atoms with E-state index in [0.29, 0.717) is 12.1 Å². The summed E-state index contributed by atoms with van der Waals surface area (Å²) in [6.45, 7) is 3.79. The Labute approximate surface area is 231 Å². The number of esters is 2. The smallest absolute Gasteiger partial charge is 0.313 e. The number of aromatic nitrogens is 2. The molecule has 2 unspecified atom stereocenters. The molecule has 4 aromatic rings. The van der Waals surface area contributed by atoms with Crippen molar-refractivity contribution in [1.82, 2.24) is 20.6 Å². The molecule has 0 spiro atoms. The molecular weight excluding hydrogens is 508 g/mol. The predicted octanol–water partition coefficient (Wildman–Crippen LogP) is 3.62. The lowest BCUT2D eigenvalue weighted by Crippen LogP contribution is -2.22. The van der Waals surface area contributed by atoms with Crippen molar-refractivity contribution in [1.29, 1.82) is 0 Å². The largest absolute Gasteiger partial charge is 0.407 e. The Morgan fingerprint density at radius 2 is 1.18 bits per heavy atom. The summed E-state index contributed by atoms with van der Waals surface area (Å²) in [6, 6.07) is 16.1. The zero-order valence-electron chi connectivity index (χ0n) is 22.1. The highest BCUT2D eigenvalue weighted by molar-refractivity contribution is 5.99. The number of benzene rings is 2. The maximum absolute atomic E-state index is 12.7. The summed E-state index contributed by atoms with van der Waals surface area (Å²) in [7, 11) is 0. The zero-order chi connectivity index (χ0) is 27.3. The Hall–Kier alpha value is -4.28. The molecular formula is C30H32N6O4. The van der Waals surface area contributed by atoms with Crippen LogP contribution < -0.4 is 30.7 Å². The van der Waals surface area contributed by atoms with E-state index >= 15 is 0 Å². The Bertz CT molecular complexity index is 1420. The fourth-order valence-corrected chi connectivity index (χ4v) is 5.29. The van der Waals surface area contributed by atoms with Crippen molar-refractivity contribution in [3.8, 4) is 11.8 Å². The molecule has 40 heavy (non-hydrogen) atoms. The van der Waals surface area contributed by atoms with Crippen LogP contribution in [0.2, 0.25) is 0 Å². The van der Waals surface area contributed by atoms with E-state index in [4.69, 9.17) is 9.47 Å². The van der Waals surface area contributed by atoms with Crippen LogP contribution in [-0.2, 0) is 9.59 Å². The number of pyridine rings is 2. The predicted molar refractivity (Wildman–Crippen MR) is 154 cm³/mol. The molecule has 0 saturated carbocycles. The van der Waals surface area contributed by atoms with Crippen LogP contribution in [0.25, 0.3) is 21.5 Å². The van der Waals surface area contributed by atoms with Gasteiger partial charge in [0.1, 0.15) is 0 Å². The number of ether oxygens (including phenoxy) is 2. The molecule has 6 rings (SSSR count). The number of nitrogens with zero attached hydrogens (tertiary/aromatic N) is 2. The van der Waals surface area contributed by atoms with Gasteiger partial charge in [0.2, 0.25) is 11.8 Å². The molecule has 206 valence electrons. The van der Waals surface area contributed by atoms with Crippen LogP contribution in [0.15, 0.2) is 60.9 Å². The second-order valence-electron chi connectivity index (χ2n) is 10.1. The van der Waals surface area contributed by atoms with Gasteiger partial charge in [-0.1, -0.05) is 12.1 Å². The van der Waals surface area contributed by atoms with E-state index in [2.05, 4.69) is 31.2 Å². The van der Waals surface area contributed by atoms with Crippen LogP contribution in [0.5, 0.6) is 11.8 Å². The molecule has 4 N–H and O–H groups in total. The van der Waals surface area contributed by atoms with Gasteiger partial charge < -0.3 is 30.7 Å². The Kier molecular flexibility index (Phi) is 7.69. The highest BCUT2D eigenvalue weighted by Crippen LogP contribution is 2.31. The fourth-order valence-electron chi connectivity index (χ4n) is 5.29. The fraction of sp³-hybridized carbons (Fsp3) is 0.333. The van der Waals surface area contributed by atoms with E-state index in [0.717, 1.165) is 71.9 Å². The zero-order valence-corrected chi connectivity index (χ0v) is 22.1. The monoisotopic (exact) mass is 540 g/mol. The summed E-state index contributed by atoms with van der Waals surface area (Å²) in [5.74, 6) is -0.676. The van der Waals surface area contributed by atoms with Gasteiger partial charge in [0.25, 0.3) is 0 Å². The summed E-state index contributed by atoms with van der Waals surface area (Å²) in [6.07, 6.45) is 5.04. The maximum atomic E-state index is 12.7. The van der Waals surface area contributed by atoms with Gasteiger partial charge in [-0.25, -0.2) is 9.97 Å². The van der Waals surface area contributed by atoms with Crippen molar-refractivity contribution in [2.75, 3.05) is 36.8 Å². The van der Waals surface area contributed by atoms with Gasteiger partial charge in [-0.05, 0) is 62.3 Å². The first kappa shape index (κ1) is 26.0. The molecule has 2 aromatic heterocycles. The number of carbonyl (C=O) groups is 2. The van der Waals surface area contributed by atoms with Gasteiger partial charge >= 0.3 is 11.9 Å². The van der Waals surface area contributed by atoms with E-state index in [1.165, 1.54) is 0 Å². The second kappa shape index (κ2) is 11.8. The molecule has 2 fully saturated rings. The maximum Gasteiger partial charge on any atom is 0.313 e. The molecule has 0 radical (unpaired) electrons. The SMILES string of the molecule is O=C(CCC(=O)Oc1nccc2c(NC3CCNC3)cccc12)Oc1nccc2c(NC3CCNC3)cccc12. The first-order valence-electron chi connectivity index (χ1n) is 13.8. The van der Waals surface area contributed by atoms with Crippen LogP contribution in [0, 0.1) is 0 Å². The Morgan fingerprint density at radius 1 is 0.700 bits per heavy atom.